The number of methoxy groups -OCH3 is 2. The van der Waals surface area contributed by atoms with Gasteiger partial charge in [-0.1, -0.05) is 29.8 Å². The summed E-state index contributed by atoms with van der Waals surface area (Å²) in [5, 5.41) is 0. The molecule has 0 unspecified atom stereocenters. The number of anilines is 1. The lowest BCUT2D eigenvalue weighted by atomic mass is 10.1. The van der Waals surface area contributed by atoms with E-state index in [0.717, 1.165) is 22.4 Å². The minimum atomic E-state index is -0.635. The van der Waals surface area contributed by atoms with Crippen LogP contribution in [0.2, 0.25) is 0 Å². The molecule has 0 saturated carbocycles. The first-order chi connectivity index (χ1) is 14.5. The highest BCUT2D eigenvalue weighted by Gasteiger charge is 2.32. The fourth-order valence-electron chi connectivity index (χ4n) is 3.36. The average molecular weight is 407 g/mol. The second-order valence-corrected chi connectivity index (χ2v) is 6.87. The Morgan fingerprint density at radius 2 is 1.80 bits per heavy atom. The van der Waals surface area contributed by atoms with E-state index in [-0.39, 0.29) is 24.6 Å². The van der Waals surface area contributed by atoms with Gasteiger partial charge in [-0.3, -0.25) is 0 Å². The van der Waals surface area contributed by atoms with Crippen molar-refractivity contribution in [2.24, 2.45) is 0 Å². The number of benzene rings is 2. The lowest BCUT2D eigenvalue weighted by Crippen LogP contribution is -2.38. The Morgan fingerprint density at radius 1 is 1.07 bits per heavy atom. The standard InChI is InChI=1S/C22H21N3O5/c1-13-4-6-14(7-5-13)20-23-17-9-8-15(10-18(17)24-20)25-12-30-11-16(21(26)28-2)19(25)22(27)29-3/h4-10H,11-12H2,1-3H3,(H,23,24). The van der Waals surface area contributed by atoms with Gasteiger partial charge in [-0.25, -0.2) is 14.6 Å². The predicted molar refractivity (Wildman–Crippen MR) is 111 cm³/mol. The molecule has 1 N–H and O–H groups in total. The molecule has 154 valence electrons. The summed E-state index contributed by atoms with van der Waals surface area (Å²) in [7, 11) is 2.52. The Kier molecular flexibility index (Phi) is 5.24. The number of ether oxygens (including phenoxy) is 3. The van der Waals surface area contributed by atoms with Crippen molar-refractivity contribution in [2.45, 2.75) is 6.92 Å². The van der Waals surface area contributed by atoms with Crippen LogP contribution in [0.5, 0.6) is 0 Å². The number of carbonyl (C=O) groups excluding carboxylic acids is 2. The van der Waals surface area contributed by atoms with Crippen molar-refractivity contribution in [3.63, 3.8) is 0 Å². The highest BCUT2D eigenvalue weighted by Crippen LogP contribution is 2.30. The molecule has 0 bridgehead atoms. The average Bonchev–Trinajstić information content (AvgIpc) is 3.21. The van der Waals surface area contributed by atoms with E-state index < -0.39 is 11.9 Å². The third-order valence-electron chi connectivity index (χ3n) is 4.94. The number of H-pyrrole nitrogens is 1. The van der Waals surface area contributed by atoms with Gasteiger partial charge < -0.3 is 24.1 Å². The summed E-state index contributed by atoms with van der Waals surface area (Å²) in [5.41, 5.74) is 4.59. The number of imidazole rings is 1. The minimum absolute atomic E-state index is 0.0303. The molecular weight excluding hydrogens is 386 g/mol. The quantitative estimate of drug-likeness (QED) is 0.665. The SMILES string of the molecule is COC(=O)C1=C(C(=O)OC)N(c2ccc3nc(-c4ccc(C)cc4)[nH]c3c2)COC1. The summed E-state index contributed by atoms with van der Waals surface area (Å²) in [6.45, 7) is 2.09. The highest BCUT2D eigenvalue weighted by atomic mass is 16.5. The Morgan fingerprint density at radius 3 is 2.50 bits per heavy atom. The van der Waals surface area contributed by atoms with Crippen LogP contribution in [0.25, 0.3) is 22.4 Å². The van der Waals surface area contributed by atoms with Crippen molar-refractivity contribution >= 4 is 28.7 Å². The fraction of sp³-hybridized carbons (Fsp3) is 0.227. The summed E-state index contributed by atoms with van der Waals surface area (Å²) < 4.78 is 15.2. The van der Waals surface area contributed by atoms with Gasteiger partial charge in [0.2, 0.25) is 0 Å². The van der Waals surface area contributed by atoms with E-state index in [1.165, 1.54) is 19.8 Å². The molecule has 0 fully saturated rings. The zero-order valence-corrected chi connectivity index (χ0v) is 16.9. The lowest BCUT2D eigenvalue weighted by molar-refractivity contribution is -0.140. The number of nitrogens with one attached hydrogen (secondary N) is 1. The van der Waals surface area contributed by atoms with Gasteiger partial charge in [-0.05, 0) is 25.1 Å². The van der Waals surface area contributed by atoms with Gasteiger partial charge in [-0.15, -0.1) is 0 Å². The maximum absolute atomic E-state index is 12.5. The number of aromatic amines is 1. The molecule has 0 saturated heterocycles. The molecule has 0 aliphatic carbocycles. The molecular formula is C22H21N3O5. The Balaban J connectivity index is 1.76. The van der Waals surface area contributed by atoms with Crippen LogP contribution < -0.4 is 4.90 Å². The van der Waals surface area contributed by atoms with E-state index in [2.05, 4.69) is 9.97 Å². The summed E-state index contributed by atoms with van der Waals surface area (Å²) in [6.07, 6.45) is 0. The molecule has 2 aromatic carbocycles. The molecule has 0 radical (unpaired) electrons. The number of aromatic nitrogens is 2. The van der Waals surface area contributed by atoms with Crippen molar-refractivity contribution in [2.75, 3.05) is 32.5 Å². The maximum atomic E-state index is 12.5. The molecule has 0 spiro atoms. The van der Waals surface area contributed by atoms with Gasteiger partial charge >= 0.3 is 11.9 Å². The van der Waals surface area contributed by atoms with Crippen molar-refractivity contribution in [1.29, 1.82) is 0 Å². The number of rotatable bonds is 4. The molecule has 8 heteroatoms. The van der Waals surface area contributed by atoms with Crippen molar-refractivity contribution in [3.8, 4) is 11.4 Å². The van der Waals surface area contributed by atoms with Gasteiger partial charge in [0.1, 0.15) is 18.3 Å². The zero-order valence-electron chi connectivity index (χ0n) is 16.9. The number of hydrogen-bond acceptors (Lipinski definition) is 7. The summed E-state index contributed by atoms with van der Waals surface area (Å²) in [5.74, 6) is -0.524. The van der Waals surface area contributed by atoms with Crippen LogP contribution >= 0.6 is 0 Å². The second-order valence-electron chi connectivity index (χ2n) is 6.87. The smallest absolute Gasteiger partial charge is 0.355 e. The first-order valence-electron chi connectivity index (χ1n) is 9.33. The van der Waals surface area contributed by atoms with Gasteiger partial charge in [0, 0.05) is 11.3 Å². The van der Waals surface area contributed by atoms with Crippen LogP contribution in [0.15, 0.2) is 53.7 Å². The summed E-state index contributed by atoms with van der Waals surface area (Å²) in [6, 6.07) is 13.6. The van der Waals surface area contributed by atoms with Crippen LogP contribution in [0.1, 0.15) is 5.56 Å². The molecule has 0 amide bonds. The summed E-state index contributed by atoms with van der Waals surface area (Å²) in [4.78, 5) is 34.2. The maximum Gasteiger partial charge on any atom is 0.355 e. The number of esters is 2. The molecule has 1 aliphatic rings. The molecule has 1 aliphatic heterocycles. The summed E-state index contributed by atoms with van der Waals surface area (Å²) >= 11 is 0. The largest absolute Gasteiger partial charge is 0.466 e. The molecule has 30 heavy (non-hydrogen) atoms. The fourth-order valence-corrected chi connectivity index (χ4v) is 3.36. The van der Waals surface area contributed by atoms with Crippen LogP contribution in [0.4, 0.5) is 5.69 Å². The predicted octanol–water partition coefficient (Wildman–Crippen LogP) is 2.93. The first kappa shape index (κ1) is 19.7. The third kappa shape index (κ3) is 3.53. The van der Waals surface area contributed by atoms with E-state index in [9.17, 15) is 9.59 Å². The van der Waals surface area contributed by atoms with Gasteiger partial charge in [-0.2, -0.15) is 0 Å². The third-order valence-corrected chi connectivity index (χ3v) is 4.94. The van der Waals surface area contributed by atoms with Crippen LogP contribution in [-0.2, 0) is 23.8 Å². The van der Waals surface area contributed by atoms with Crippen molar-refractivity contribution < 1.29 is 23.8 Å². The molecule has 3 aromatic rings. The molecule has 8 nitrogen and oxygen atoms in total. The first-order valence-corrected chi connectivity index (χ1v) is 9.33. The topological polar surface area (TPSA) is 93.8 Å². The number of fused-ring (bicyclic) bond motifs is 1. The Labute approximate surface area is 173 Å². The van der Waals surface area contributed by atoms with Crippen LogP contribution in [0, 0.1) is 6.92 Å². The van der Waals surface area contributed by atoms with Crippen LogP contribution in [-0.4, -0.2) is 49.5 Å². The number of carbonyl (C=O) groups is 2. The molecule has 1 aromatic heterocycles. The van der Waals surface area contributed by atoms with E-state index in [1.807, 2.05) is 49.4 Å². The number of hydrogen-bond donors (Lipinski definition) is 1. The van der Waals surface area contributed by atoms with Crippen molar-refractivity contribution in [3.05, 3.63) is 59.3 Å². The molecule has 2 heterocycles. The minimum Gasteiger partial charge on any atom is -0.466 e. The van der Waals surface area contributed by atoms with E-state index in [4.69, 9.17) is 14.2 Å². The van der Waals surface area contributed by atoms with Gasteiger partial charge in [0.05, 0.1) is 37.4 Å². The highest BCUT2D eigenvalue weighted by molar-refractivity contribution is 6.03. The normalized spacial score (nSPS) is 14.2. The molecule has 0 atom stereocenters. The number of nitrogens with zero attached hydrogens (tertiary/aromatic N) is 2. The molecule has 4 rings (SSSR count). The van der Waals surface area contributed by atoms with E-state index in [0.29, 0.717) is 5.69 Å². The Hall–Kier alpha value is -3.65. The van der Waals surface area contributed by atoms with Gasteiger partial charge in [0.15, 0.2) is 0 Å². The zero-order chi connectivity index (χ0) is 21.3. The van der Waals surface area contributed by atoms with Gasteiger partial charge in [0.25, 0.3) is 0 Å². The monoisotopic (exact) mass is 407 g/mol. The van der Waals surface area contributed by atoms with E-state index >= 15 is 0 Å². The Bertz CT molecular complexity index is 1150. The van der Waals surface area contributed by atoms with Crippen molar-refractivity contribution in [1.82, 2.24) is 9.97 Å². The lowest BCUT2D eigenvalue weighted by Gasteiger charge is -2.31. The van der Waals surface area contributed by atoms with E-state index in [1.54, 1.807) is 4.90 Å². The number of aryl methyl sites for hydroxylation is 1. The second kappa shape index (κ2) is 8.00. The van der Waals surface area contributed by atoms with Crippen LogP contribution in [0.3, 0.4) is 0 Å².